The highest BCUT2D eigenvalue weighted by atomic mass is 79.9. The van der Waals surface area contributed by atoms with Crippen LogP contribution in [0.1, 0.15) is 11.1 Å². The van der Waals surface area contributed by atoms with E-state index in [0.29, 0.717) is 6.42 Å². The second-order valence-electron chi connectivity index (χ2n) is 4.92. The maximum atomic E-state index is 11.7. The van der Waals surface area contributed by atoms with Crippen LogP contribution in [0, 0.1) is 6.92 Å². The molecule has 1 amide bonds. The van der Waals surface area contributed by atoms with Crippen molar-refractivity contribution in [3.8, 4) is 0 Å². The summed E-state index contributed by atoms with van der Waals surface area (Å²) >= 11 is 3.44. The van der Waals surface area contributed by atoms with Gasteiger partial charge in [0, 0.05) is 29.1 Å². The predicted molar refractivity (Wildman–Crippen MR) is 83.5 cm³/mol. The van der Waals surface area contributed by atoms with Gasteiger partial charge in [-0.1, -0.05) is 0 Å². The Morgan fingerprint density at radius 2 is 2.15 bits per heavy atom. The quantitative estimate of drug-likeness (QED) is 0.917. The zero-order valence-electron chi connectivity index (χ0n) is 11.3. The Balaban J connectivity index is 1.87. The van der Waals surface area contributed by atoms with Gasteiger partial charge in [-0.15, -0.1) is 0 Å². The van der Waals surface area contributed by atoms with E-state index in [4.69, 9.17) is 0 Å². The van der Waals surface area contributed by atoms with Gasteiger partial charge in [-0.3, -0.25) is 4.79 Å². The molecule has 0 spiro atoms. The van der Waals surface area contributed by atoms with Gasteiger partial charge in [0.05, 0.1) is 6.42 Å². The van der Waals surface area contributed by atoms with Gasteiger partial charge in [0.2, 0.25) is 5.91 Å². The smallest absolute Gasteiger partial charge is 0.231 e. The van der Waals surface area contributed by atoms with Crippen LogP contribution in [0.3, 0.4) is 0 Å². The molecule has 0 aliphatic carbocycles. The topological polar surface area (TPSA) is 45.2 Å². The number of aryl methyl sites for hydroxylation is 1. The summed E-state index contributed by atoms with van der Waals surface area (Å²) in [5.41, 5.74) is 4.11. The summed E-state index contributed by atoms with van der Waals surface area (Å²) in [7, 11) is 1.81. The fourth-order valence-corrected chi connectivity index (χ4v) is 2.52. The molecule has 3 rings (SSSR count). The Bertz CT molecular complexity index is 700. The lowest BCUT2D eigenvalue weighted by molar-refractivity contribution is -0.117. The molecule has 5 heteroatoms. The van der Waals surface area contributed by atoms with E-state index in [-0.39, 0.29) is 5.91 Å². The van der Waals surface area contributed by atoms with Crippen LogP contribution < -0.4 is 10.2 Å². The first-order valence-corrected chi connectivity index (χ1v) is 7.12. The number of fused-ring (bicyclic) bond motifs is 1. The molecule has 2 heterocycles. The zero-order valence-corrected chi connectivity index (χ0v) is 12.9. The van der Waals surface area contributed by atoms with Crippen LogP contribution in [0.5, 0.6) is 0 Å². The number of pyridine rings is 1. The van der Waals surface area contributed by atoms with Crippen LogP contribution in [-0.2, 0) is 11.2 Å². The average Bonchev–Trinajstić information content (AvgIpc) is 2.69. The number of hydrogen-bond donors (Lipinski definition) is 1. The number of nitrogens with zero attached hydrogens (tertiary/aromatic N) is 2. The number of benzene rings is 1. The molecular weight excluding hydrogens is 318 g/mol. The summed E-state index contributed by atoms with van der Waals surface area (Å²) in [5, 5.41) is 3.27. The molecule has 0 fully saturated rings. The van der Waals surface area contributed by atoms with Gasteiger partial charge >= 0.3 is 0 Å². The second kappa shape index (κ2) is 4.90. The molecule has 4 nitrogen and oxygen atoms in total. The van der Waals surface area contributed by atoms with Crippen molar-refractivity contribution in [1.29, 1.82) is 0 Å². The van der Waals surface area contributed by atoms with Crippen LogP contribution in [0.2, 0.25) is 0 Å². The number of likely N-dealkylation sites (N-methyl/N-ethyl adjacent to an activating group) is 1. The van der Waals surface area contributed by atoms with Crippen molar-refractivity contribution in [2.75, 3.05) is 17.3 Å². The molecule has 0 saturated heterocycles. The normalized spacial score (nSPS) is 13.6. The molecule has 1 N–H and O–H groups in total. The van der Waals surface area contributed by atoms with Gasteiger partial charge in [-0.05, 0) is 58.2 Å². The molecule has 1 aromatic carbocycles. The lowest BCUT2D eigenvalue weighted by atomic mass is 10.1. The Hall–Kier alpha value is -1.88. The number of nitrogens with one attached hydrogen (secondary N) is 1. The average molecular weight is 332 g/mol. The van der Waals surface area contributed by atoms with Crippen molar-refractivity contribution in [3.05, 3.63) is 46.1 Å². The third-order valence-corrected chi connectivity index (χ3v) is 4.31. The number of halogens is 1. The van der Waals surface area contributed by atoms with Gasteiger partial charge < -0.3 is 10.2 Å². The molecule has 0 atom stereocenters. The first-order chi connectivity index (χ1) is 9.54. The zero-order chi connectivity index (χ0) is 14.3. The van der Waals surface area contributed by atoms with Gasteiger partial charge in [-0.2, -0.15) is 0 Å². The maximum absolute atomic E-state index is 11.7. The van der Waals surface area contributed by atoms with E-state index in [2.05, 4.69) is 26.2 Å². The van der Waals surface area contributed by atoms with Crippen LogP contribution in [0.4, 0.5) is 17.2 Å². The van der Waals surface area contributed by atoms with E-state index in [1.54, 1.807) is 18.1 Å². The van der Waals surface area contributed by atoms with Crippen molar-refractivity contribution in [2.24, 2.45) is 0 Å². The molecule has 1 aliphatic rings. The minimum absolute atomic E-state index is 0.134. The summed E-state index contributed by atoms with van der Waals surface area (Å²) in [4.78, 5) is 17.7. The van der Waals surface area contributed by atoms with Crippen LogP contribution >= 0.6 is 15.9 Å². The molecule has 0 unspecified atom stereocenters. The lowest BCUT2D eigenvalue weighted by Gasteiger charge is -2.11. The molecule has 0 bridgehead atoms. The van der Waals surface area contributed by atoms with E-state index in [0.717, 1.165) is 32.8 Å². The molecule has 1 aliphatic heterocycles. The van der Waals surface area contributed by atoms with Crippen LogP contribution in [0.15, 0.2) is 34.9 Å². The fourth-order valence-electron chi connectivity index (χ4n) is 2.30. The highest BCUT2D eigenvalue weighted by molar-refractivity contribution is 9.10. The Kier molecular flexibility index (Phi) is 3.22. The van der Waals surface area contributed by atoms with Gasteiger partial charge in [0.15, 0.2) is 0 Å². The number of carbonyl (C=O) groups excluding carboxylic acids is 1. The van der Waals surface area contributed by atoms with Gasteiger partial charge in [-0.25, -0.2) is 4.98 Å². The number of amides is 1. The van der Waals surface area contributed by atoms with Crippen LogP contribution in [0.25, 0.3) is 0 Å². The monoisotopic (exact) mass is 331 g/mol. The van der Waals surface area contributed by atoms with E-state index in [9.17, 15) is 4.79 Å². The van der Waals surface area contributed by atoms with E-state index < -0.39 is 0 Å². The molecule has 0 saturated carbocycles. The second-order valence-corrected chi connectivity index (χ2v) is 5.77. The van der Waals surface area contributed by atoms with Crippen molar-refractivity contribution >= 4 is 39.0 Å². The van der Waals surface area contributed by atoms with Crippen LogP contribution in [-0.4, -0.2) is 17.9 Å². The van der Waals surface area contributed by atoms with Crippen molar-refractivity contribution < 1.29 is 4.79 Å². The predicted octanol–water partition coefficient (Wildman–Crippen LogP) is 3.42. The molecule has 102 valence electrons. The maximum Gasteiger partial charge on any atom is 0.231 e. The third-order valence-electron chi connectivity index (χ3n) is 3.48. The van der Waals surface area contributed by atoms with Crippen molar-refractivity contribution in [1.82, 2.24) is 4.98 Å². The number of hydrogen-bond acceptors (Lipinski definition) is 3. The lowest BCUT2D eigenvalue weighted by Crippen LogP contribution is -2.20. The standard InChI is InChI=1S/C15H14BrN3O/c1-9-5-14(17-8-12(9)16)18-11-3-4-13-10(6-11)7-15(20)19(13)2/h3-6,8H,7H2,1-2H3,(H,17,18). The van der Waals surface area contributed by atoms with Crippen molar-refractivity contribution in [3.63, 3.8) is 0 Å². The largest absolute Gasteiger partial charge is 0.340 e. The summed E-state index contributed by atoms with van der Waals surface area (Å²) in [6.07, 6.45) is 2.25. The van der Waals surface area contributed by atoms with Crippen molar-refractivity contribution in [2.45, 2.75) is 13.3 Å². The molecule has 20 heavy (non-hydrogen) atoms. The van der Waals surface area contributed by atoms with E-state index in [1.165, 1.54) is 0 Å². The Labute approximate surface area is 126 Å². The summed E-state index contributed by atoms with van der Waals surface area (Å²) < 4.78 is 0.990. The minimum atomic E-state index is 0.134. The van der Waals surface area contributed by atoms with E-state index in [1.807, 2.05) is 31.2 Å². The SMILES string of the molecule is Cc1cc(Nc2ccc3c(c2)CC(=O)N3C)ncc1Br. The van der Waals surface area contributed by atoms with Gasteiger partial charge in [0.25, 0.3) is 0 Å². The molecule has 0 radical (unpaired) electrons. The van der Waals surface area contributed by atoms with E-state index >= 15 is 0 Å². The molecular formula is C15H14BrN3O. The third kappa shape index (κ3) is 2.29. The fraction of sp³-hybridized carbons (Fsp3) is 0.200. The first kappa shape index (κ1) is 13.1. The first-order valence-electron chi connectivity index (χ1n) is 6.33. The number of anilines is 3. The molecule has 2 aromatic rings. The highest BCUT2D eigenvalue weighted by Crippen LogP contribution is 2.31. The highest BCUT2D eigenvalue weighted by Gasteiger charge is 2.23. The van der Waals surface area contributed by atoms with Gasteiger partial charge in [0.1, 0.15) is 5.82 Å². The number of carbonyl (C=O) groups is 1. The Morgan fingerprint density at radius 1 is 1.35 bits per heavy atom. The number of rotatable bonds is 2. The summed E-state index contributed by atoms with van der Waals surface area (Å²) in [6.45, 7) is 2.02. The number of aromatic nitrogens is 1. The summed E-state index contributed by atoms with van der Waals surface area (Å²) in [6, 6.07) is 7.92. The molecule has 1 aromatic heterocycles. The minimum Gasteiger partial charge on any atom is -0.340 e. The Morgan fingerprint density at radius 3 is 2.90 bits per heavy atom. The summed E-state index contributed by atoms with van der Waals surface area (Å²) in [5.74, 6) is 0.929.